The molecule has 1 rings (SSSR count). The molecule has 1 aromatic rings. The predicted octanol–water partition coefficient (Wildman–Crippen LogP) is 4.09. The lowest BCUT2D eigenvalue weighted by Crippen LogP contribution is -2.45. The van der Waals surface area contributed by atoms with Gasteiger partial charge in [-0.3, -0.25) is 0 Å². The van der Waals surface area contributed by atoms with Crippen LogP contribution < -0.4 is 0 Å². The van der Waals surface area contributed by atoms with E-state index >= 15 is 0 Å². The highest BCUT2D eigenvalue weighted by molar-refractivity contribution is 9.10. The first-order chi connectivity index (χ1) is 8.99. The summed E-state index contributed by atoms with van der Waals surface area (Å²) in [5, 5.41) is 10.5. The number of hydrogen-bond acceptors (Lipinski definition) is 2. The van der Waals surface area contributed by atoms with Crippen LogP contribution in [-0.4, -0.2) is 23.4 Å². The lowest BCUT2D eigenvalue weighted by Gasteiger charge is -2.36. The molecule has 4 heteroatoms. The summed E-state index contributed by atoms with van der Waals surface area (Å²) in [5.41, 5.74) is 0.364. The monoisotopic (exact) mass is 332 g/mol. The van der Waals surface area contributed by atoms with Gasteiger partial charge in [-0.2, -0.15) is 0 Å². The molecule has 0 saturated heterocycles. The van der Waals surface area contributed by atoms with Crippen molar-refractivity contribution in [1.82, 2.24) is 0 Å². The number of aliphatic hydroxyl groups excluding tert-OH is 1. The fraction of sp³-hybridized carbons (Fsp3) is 0.600. The van der Waals surface area contributed by atoms with E-state index in [0.717, 1.165) is 18.4 Å². The fourth-order valence-corrected chi connectivity index (χ4v) is 2.90. The van der Waals surface area contributed by atoms with Crippen LogP contribution in [0.3, 0.4) is 0 Å². The smallest absolute Gasteiger partial charge is 0.124 e. The molecular weight excluding hydrogens is 311 g/mol. The molecule has 0 heterocycles. The second-order valence-electron chi connectivity index (χ2n) is 4.66. The first-order valence-corrected chi connectivity index (χ1v) is 7.54. The number of halogens is 2. The van der Waals surface area contributed by atoms with Crippen molar-refractivity contribution in [2.24, 2.45) is 0 Å². The molecule has 0 fully saturated rings. The van der Waals surface area contributed by atoms with Gasteiger partial charge in [-0.15, -0.1) is 0 Å². The van der Waals surface area contributed by atoms with Gasteiger partial charge in [0.1, 0.15) is 5.82 Å². The van der Waals surface area contributed by atoms with Crippen LogP contribution in [0.5, 0.6) is 0 Å². The number of ether oxygens (including phenoxy) is 1. The highest BCUT2D eigenvalue weighted by atomic mass is 79.9. The Bertz CT molecular complexity index is 405. The molecule has 0 amide bonds. The van der Waals surface area contributed by atoms with Crippen molar-refractivity contribution in [2.45, 2.75) is 51.7 Å². The first-order valence-electron chi connectivity index (χ1n) is 6.75. The number of rotatable bonds is 7. The van der Waals surface area contributed by atoms with Crippen LogP contribution in [0.2, 0.25) is 0 Å². The lowest BCUT2D eigenvalue weighted by atomic mass is 9.86. The van der Waals surface area contributed by atoms with Gasteiger partial charge >= 0.3 is 0 Å². The van der Waals surface area contributed by atoms with Crippen molar-refractivity contribution in [1.29, 1.82) is 0 Å². The summed E-state index contributed by atoms with van der Waals surface area (Å²) >= 11 is 3.33. The van der Waals surface area contributed by atoms with E-state index in [-0.39, 0.29) is 5.82 Å². The number of aliphatic hydroxyl groups is 1. The minimum atomic E-state index is -0.607. The maximum atomic E-state index is 13.1. The van der Waals surface area contributed by atoms with Crippen LogP contribution in [0.1, 0.15) is 39.2 Å². The molecule has 1 N–H and O–H groups in total. The van der Waals surface area contributed by atoms with E-state index in [9.17, 15) is 9.50 Å². The maximum Gasteiger partial charge on any atom is 0.124 e. The topological polar surface area (TPSA) is 29.5 Å². The molecule has 1 atom stereocenters. The maximum absolute atomic E-state index is 13.1. The first kappa shape index (κ1) is 16.6. The second kappa shape index (κ2) is 7.36. The van der Waals surface area contributed by atoms with E-state index in [1.807, 2.05) is 20.8 Å². The molecule has 1 aromatic carbocycles. The van der Waals surface area contributed by atoms with E-state index in [0.29, 0.717) is 17.5 Å². The van der Waals surface area contributed by atoms with Gasteiger partial charge in [0.2, 0.25) is 0 Å². The third kappa shape index (κ3) is 4.01. The molecule has 0 saturated carbocycles. The SMILES string of the molecule is CCOC(CC)(CC)C(O)Cc1ccc(F)cc1Br. The summed E-state index contributed by atoms with van der Waals surface area (Å²) in [5.74, 6) is -0.285. The minimum absolute atomic E-state index is 0.285. The van der Waals surface area contributed by atoms with Crippen LogP contribution >= 0.6 is 15.9 Å². The zero-order valence-corrected chi connectivity index (χ0v) is 13.3. The van der Waals surface area contributed by atoms with Gasteiger partial charge in [-0.05, 0) is 37.5 Å². The third-order valence-corrected chi connectivity index (χ3v) is 4.40. The zero-order chi connectivity index (χ0) is 14.5. The zero-order valence-electron chi connectivity index (χ0n) is 11.7. The summed E-state index contributed by atoms with van der Waals surface area (Å²) in [6.45, 7) is 6.54. The lowest BCUT2D eigenvalue weighted by molar-refractivity contribution is -0.124. The average molecular weight is 333 g/mol. The Hall–Kier alpha value is -0.450. The molecule has 1 unspecified atom stereocenters. The number of benzene rings is 1. The van der Waals surface area contributed by atoms with Crippen LogP contribution in [0.25, 0.3) is 0 Å². The van der Waals surface area contributed by atoms with Crippen molar-refractivity contribution in [2.75, 3.05) is 6.61 Å². The molecule has 0 aliphatic heterocycles. The largest absolute Gasteiger partial charge is 0.390 e. The van der Waals surface area contributed by atoms with Crippen molar-refractivity contribution in [3.63, 3.8) is 0 Å². The molecule has 0 aliphatic carbocycles. The van der Waals surface area contributed by atoms with Crippen LogP contribution in [-0.2, 0) is 11.2 Å². The Morgan fingerprint density at radius 3 is 2.42 bits per heavy atom. The van der Waals surface area contributed by atoms with Gasteiger partial charge in [0.05, 0.1) is 11.7 Å². The van der Waals surface area contributed by atoms with Gasteiger partial charge in [-0.25, -0.2) is 4.39 Å². The summed E-state index contributed by atoms with van der Waals surface area (Å²) in [6, 6.07) is 4.53. The van der Waals surface area contributed by atoms with Crippen molar-refractivity contribution < 1.29 is 14.2 Å². The van der Waals surface area contributed by atoms with Crippen molar-refractivity contribution in [3.05, 3.63) is 34.1 Å². The molecule has 0 aromatic heterocycles. The van der Waals surface area contributed by atoms with Crippen LogP contribution in [0, 0.1) is 5.82 Å². The molecule has 0 radical (unpaired) electrons. The molecule has 108 valence electrons. The Labute approximate surface area is 123 Å². The average Bonchev–Trinajstić information content (AvgIpc) is 2.39. The molecule has 0 spiro atoms. The quantitative estimate of drug-likeness (QED) is 0.814. The summed E-state index contributed by atoms with van der Waals surface area (Å²) < 4.78 is 19.5. The predicted molar refractivity (Wildman–Crippen MR) is 78.7 cm³/mol. The highest BCUT2D eigenvalue weighted by Gasteiger charge is 2.35. The van der Waals surface area contributed by atoms with Gasteiger partial charge in [0.25, 0.3) is 0 Å². The highest BCUT2D eigenvalue weighted by Crippen LogP contribution is 2.29. The van der Waals surface area contributed by atoms with Crippen LogP contribution in [0.4, 0.5) is 4.39 Å². The van der Waals surface area contributed by atoms with Gasteiger partial charge in [-0.1, -0.05) is 35.8 Å². The second-order valence-corrected chi connectivity index (χ2v) is 5.51. The van der Waals surface area contributed by atoms with E-state index in [1.165, 1.54) is 12.1 Å². The summed E-state index contributed by atoms with van der Waals surface area (Å²) in [6.07, 6.45) is 1.33. The van der Waals surface area contributed by atoms with E-state index in [2.05, 4.69) is 15.9 Å². The Kier molecular flexibility index (Phi) is 6.43. The van der Waals surface area contributed by atoms with Gasteiger partial charge in [0.15, 0.2) is 0 Å². The van der Waals surface area contributed by atoms with Crippen LogP contribution in [0.15, 0.2) is 22.7 Å². The fourth-order valence-electron chi connectivity index (χ4n) is 2.39. The van der Waals surface area contributed by atoms with Crippen molar-refractivity contribution >= 4 is 15.9 Å². The minimum Gasteiger partial charge on any atom is -0.390 e. The van der Waals surface area contributed by atoms with E-state index in [4.69, 9.17) is 4.74 Å². The Morgan fingerprint density at radius 2 is 1.95 bits per heavy atom. The van der Waals surface area contributed by atoms with Crippen molar-refractivity contribution in [3.8, 4) is 0 Å². The molecule has 2 nitrogen and oxygen atoms in total. The molecule has 0 bridgehead atoms. The Balaban J connectivity index is 2.89. The van der Waals surface area contributed by atoms with Gasteiger partial charge in [0, 0.05) is 17.5 Å². The van der Waals surface area contributed by atoms with E-state index < -0.39 is 11.7 Å². The normalized spacial score (nSPS) is 13.6. The number of hydrogen-bond donors (Lipinski definition) is 1. The third-order valence-electron chi connectivity index (χ3n) is 3.66. The molecule has 0 aliphatic rings. The van der Waals surface area contributed by atoms with Gasteiger partial charge < -0.3 is 9.84 Å². The molecular formula is C15H22BrFO2. The Morgan fingerprint density at radius 1 is 1.32 bits per heavy atom. The molecule has 19 heavy (non-hydrogen) atoms. The standard InChI is InChI=1S/C15H22BrFO2/c1-4-15(5-2,19-6-3)14(18)9-11-7-8-12(17)10-13(11)16/h7-8,10,14,18H,4-6,9H2,1-3H3. The summed E-state index contributed by atoms with van der Waals surface area (Å²) in [7, 11) is 0. The van der Waals surface area contributed by atoms with E-state index in [1.54, 1.807) is 6.07 Å². The summed E-state index contributed by atoms with van der Waals surface area (Å²) in [4.78, 5) is 0.